The zero-order valence-electron chi connectivity index (χ0n) is 9.83. The molecule has 0 aliphatic heterocycles. The van der Waals surface area contributed by atoms with Crippen LogP contribution in [0, 0.1) is 0 Å². The van der Waals surface area contributed by atoms with E-state index in [1.54, 1.807) is 24.1 Å². The molecule has 1 rings (SSSR count). The number of carbonyl (C=O) groups excluding carboxylic acids is 1. The summed E-state index contributed by atoms with van der Waals surface area (Å²) in [5.41, 5.74) is 0.425. The van der Waals surface area contributed by atoms with Gasteiger partial charge >= 0.3 is 0 Å². The molecule has 1 aromatic heterocycles. The van der Waals surface area contributed by atoms with E-state index in [1.165, 1.54) is 6.20 Å². The summed E-state index contributed by atoms with van der Waals surface area (Å²) < 4.78 is 0. The van der Waals surface area contributed by atoms with Gasteiger partial charge in [0.15, 0.2) is 0 Å². The lowest BCUT2D eigenvalue weighted by Gasteiger charge is -2.16. The van der Waals surface area contributed by atoms with Crippen LogP contribution in [0.25, 0.3) is 0 Å². The molecular weight excluding hydrogens is 259 g/mol. The highest BCUT2D eigenvalue weighted by molar-refractivity contribution is 6.30. The Morgan fingerprint density at radius 3 is 2.71 bits per heavy atom. The lowest BCUT2D eigenvalue weighted by molar-refractivity contribution is 0.0787. The highest BCUT2D eigenvalue weighted by atomic mass is 35.5. The second-order valence-electron chi connectivity index (χ2n) is 3.84. The normalized spacial score (nSPS) is 10.3. The third-order valence-corrected chi connectivity index (χ3v) is 2.91. The Morgan fingerprint density at radius 1 is 1.35 bits per heavy atom. The summed E-state index contributed by atoms with van der Waals surface area (Å²) in [6, 6.07) is 3.31. The Kier molecular flexibility index (Phi) is 6.30. The first-order chi connectivity index (χ1) is 8.15. The molecule has 3 nitrogen and oxygen atoms in total. The Morgan fingerprint density at radius 2 is 2.12 bits per heavy atom. The van der Waals surface area contributed by atoms with Crippen LogP contribution in [0.15, 0.2) is 18.3 Å². The SMILES string of the molecule is CN(CCCCCCl)C(=O)c1ccc(Cl)cn1. The summed E-state index contributed by atoms with van der Waals surface area (Å²) in [5, 5.41) is 0.534. The van der Waals surface area contributed by atoms with E-state index in [2.05, 4.69) is 4.98 Å². The zero-order chi connectivity index (χ0) is 12.7. The van der Waals surface area contributed by atoms with Crippen molar-refractivity contribution in [3.8, 4) is 0 Å². The van der Waals surface area contributed by atoms with Crippen LogP contribution >= 0.6 is 23.2 Å². The van der Waals surface area contributed by atoms with Crippen LogP contribution in [0.1, 0.15) is 29.8 Å². The van der Waals surface area contributed by atoms with Crippen molar-refractivity contribution in [2.75, 3.05) is 19.5 Å². The predicted molar refractivity (Wildman–Crippen MR) is 70.8 cm³/mol. The maximum atomic E-state index is 11.9. The molecule has 0 N–H and O–H groups in total. The quantitative estimate of drug-likeness (QED) is 0.590. The molecule has 0 bridgehead atoms. The number of rotatable bonds is 6. The van der Waals surface area contributed by atoms with Gasteiger partial charge < -0.3 is 4.90 Å². The fourth-order valence-electron chi connectivity index (χ4n) is 1.42. The lowest BCUT2D eigenvalue weighted by Crippen LogP contribution is -2.28. The molecule has 0 atom stereocenters. The first-order valence-electron chi connectivity index (χ1n) is 5.58. The van der Waals surface area contributed by atoms with E-state index in [0.717, 1.165) is 25.8 Å². The molecule has 0 radical (unpaired) electrons. The first-order valence-corrected chi connectivity index (χ1v) is 6.49. The van der Waals surface area contributed by atoms with E-state index >= 15 is 0 Å². The largest absolute Gasteiger partial charge is 0.340 e. The van der Waals surface area contributed by atoms with E-state index < -0.39 is 0 Å². The minimum Gasteiger partial charge on any atom is -0.340 e. The molecule has 0 spiro atoms. The van der Waals surface area contributed by atoms with Crippen molar-refractivity contribution < 1.29 is 4.79 Å². The van der Waals surface area contributed by atoms with E-state index in [-0.39, 0.29) is 5.91 Å². The van der Waals surface area contributed by atoms with Crippen molar-refractivity contribution in [3.63, 3.8) is 0 Å². The number of carbonyl (C=O) groups is 1. The lowest BCUT2D eigenvalue weighted by atomic mass is 10.2. The van der Waals surface area contributed by atoms with Crippen molar-refractivity contribution in [1.29, 1.82) is 0 Å². The number of hydrogen-bond donors (Lipinski definition) is 0. The van der Waals surface area contributed by atoms with E-state index in [0.29, 0.717) is 16.6 Å². The van der Waals surface area contributed by atoms with Gasteiger partial charge in [-0.2, -0.15) is 0 Å². The third-order valence-electron chi connectivity index (χ3n) is 2.42. The van der Waals surface area contributed by atoms with Crippen LogP contribution < -0.4 is 0 Å². The predicted octanol–water partition coefficient (Wildman–Crippen LogP) is 3.22. The Labute approximate surface area is 112 Å². The molecule has 94 valence electrons. The van der Waals surface area contributed by atoms with Gasteiger partial charge in [0.25, 0.3) is 5.91 Å². The summed E-state index contributed by atoms with van der Waals surface area (Å²) in [6.45, 7) is 0.722. The molecule has 0 unspecified atom stereocenters. The number of alkyl halides is 1. The van der Waals surface area contributed by atoms with Crippen molar-refractivity contribution in [2.45, 2.75) is 19.3 Å². The van der Waals surface area contributed by atoms with Crippen molar-refractivity contribution in [1.82, 2.24) is 9.88 Å². The summed E-state index contributed by atoms with van der Waals surface area (Å²) in [6.07, 6.45) is 4.47. The van der Waals surface area contributed by atoms with Crippen LogP contribution in [0.4, 0.5) is 0 Å². The number of aromatic nitrogens is 1. The van der Waals surface area contributed by atoms with Gasteiger partial charge in [0.05, 0.1) is 5.02 Å². The maximum Gasteiger partial charge on any atom is 0.272 e. The van der Waals surface area contributed by atoms with E-state index in [9.17, 15) is 4.79 Å². The summed E-state index contributed by atoms with van der Waals surface area (Å²) >= 11 is 11.3. The highest BCUT2D eigenvalue weighted by Gasteiger charge is 2.12. The van der Waals surface area contributed by atoms with Gasteiger partial charge in [-0.1, -0.05) is 18.0 Å². The first kappa shape index (κ1) is 14.3. The van der Waals surface area contributed by atoms with E-state index in [1.807, 2.05) is 0 Å². The molecule has 0 aliphatic rings. The fraction of sp³-hybridized carbons (Fsp3) is 0.500. The fourth-order valence-corrected chi connectivity index (χ4v) is 1.72. The van der Waals surface area contributed by atoms with Gasteiger partial charge in [0, 0.05) is 25.7 Å². The second-order valence-corrected chi connectivity index (χ2v) is 4.65. The zero-order valence-corrected chi connectivity index (χ0v) is 11.3. The van der Waals surface area contributed by atoms with Gasteiger partial charge in [-0.05, 0) is 25.0 Å². The van der Waals surface area contributed by atoms with Crippen molar-refractivity contribution in [2.24, 2.45) is 0 Å². The molecule has 0 fully saturated rings. The number of amides is 1. The van der Waals surface area contributed by atoms with Gasteiger partial charge in [-0.15, -0.1) is 11.6 Å². The number of hydrogen-bond acceptors (Lipinski definition) is 2. The van der Waals surface area contributed by atoms with Crippen LogP contribution in [0.2, 0.25) is 5.02 Å². The summed E-state index contributed by atoms with van der Waals surface area (Å²) in [7, 11) is 1.78. The Balaban J connectivity index is 2.43. The van der Waals surface area contributed by atoms with E-state index in [4.69, 9.17) is 23.2 Å². The molecule has 0 aliphatic carbocycles. The molecule has 5 heteroatoms. The van der Waals surface area contributed by atoms with Gasteiger partial charge in [-0.3, -0.25) is 4.79 Å². The monoisotopic (exact) mass is 274 g/mol. The van der Waals surface area contributed by atoms with Gasteiger partial charge in [-0.25, -0.2) is 4.98 Å². The van der Waals surface area contributed by atoms with Crippen molar-refractivity contribution >= 4 is 29.1 Å². The van der Waals surface area contributed by atoms with Crippen LogP contribution in [-0.4, -0.2) is 35.3 Å². The molecule has 1 aromatic rings. The highest BCUT2D eigenvalue weighted by Crippen LogP contribution is 2.08. The molecule has 1 heterocycles. The number of pyridine rings is 1. The molecule has 0 saturated carbocycles. The maximum absolute atomic E-state index is 11.9. The Bertz CT molecular complexity index is 354. The average molecular weight is 275 g/mol. The van der Waals surface area contributed by atoms with Gasteiger partial charge in [0.1, 0.15) is 5.69 Å². The summed E-state index contributed by atoms with van der Waals surface area (Å²) in [5.74, 6) is 0.601. The minimum atomic E-state index is -0.0764. The van der Waals surface area contributed by atoms with Crippen LogP contribution in [-0.2, 0) is 0 Å². The molecule has 17 heavy (non-hydrogen) atoms. The second kappa shape index (κ2) is 7.51. The smallest absolute Gasteiger partial charge is 0.272 e. The minimum absolute atomic E-state index is 0.0764. The number of halogens is 2. The molecule has 0 aromatic carbocycles. The molecule has 0 saturated heterocycles. The van der Waals surface area contributed by atoms with Crippen LogP contribution in [0.3, 0.4) is 0 Å². The van der Waals surface area contributed by atoms with Gasteiger partial charge in [0.2, 0.25) is 0 Å². The standard InChI is InChI=1S/C12H16Cl2N2O/c1-16(8-4-2-3-7-13)12(17)11-6-5-10(14)9-15-11/h5-6,9H,2-4,7-8H2,1H3. The number of unbranched alkanes of at least 4 members (excludes halogenated alkanes) is 2. The molecule has 1 amide bonds. The van der Waals surface area contributed by atoms with Crippen molar-refractivity contribution in [3.05, 3.63) is 29.0 Å². The molecular formula is C12H16Cl2N2O. The number of nitrogens with zero attached hydrogens (tertiary/aromatic N) is 2. The Hall–Kier alpha value is -0.800. The summed E-state index contributed by atoms with van der Waals surface area (Å²) in [4.78, 5) is 17.6. The topological polar surface area (TPSA) is 33.2 Å². The third kappa shape index (κ3) is 4.92. The average Bonchev–Trinajstić information content (AvgIpc) is 2.34. The van der Waals surface area contributed by atoms with Crippen LogP contribution in [0.5, 0.6) is 0 Å².